The van der Waals surface area contributed by atoms with E-state index in [2.05, 4.69) is 25.3 Å². The van der Waals surface area contributed by atoms with E-state index in [1.165, 1.54) is 32.1 Å². The molecule has 2 N–H and O–H groups in total. The van der Waals surface area contributed by atoms with Crippen LogP contribution < -0.4 is 15.6 Å². The molecule has 32 heavy (non-hydrogen) atoms. The predicted molar refractivity (Wildman–Crippen MR) is 121 cm³/mol. The number of carbonyl (C=O) groups is 1. The molecule has 1 amide bonds. The molecule has 8 nitrogen and oxygen atoms in total. The molecule has 1 aliphatic rings. The minimum Gasteiger partial charge on any atom is -0.489 e. The number of aromatic nitrogens is 4. The Morgan fingerprint density at radius 3 is 2.75 bits per heavy atom. The largest absolute Gasteiger partial charge is 0.489 e. The average Bonchev–Trinajstić information content (AvgIpc) is 2.82. The monoisotopic (exact) mass is 433 g/mol. The van der Waals surface area contributed by atoms with Gasteiger partial charge in [-0.15, -0.1) is 0 Å². The second-order valence-corrected chi connectivity index (χ2v) is 8.11. The number of anilines is 1. The smallest absolute Gasteiger partial charge is 0.255 e. The van der Waals surface area contributed by atoms with Gasteiger partial charge in [0.05, 0.1) is 13.0 Å². The van der Waals surface area contributed by atoms with Gasteiger partial charge in [0.25, 0.3) is 5.56 Å². The molecule has 3 aromatic heterocycles. The summed E-state index contributed by atoms with van der Waals surface area (Å²) < 4.78 is 5.98. The zero-order valence-corrected chi connectivity index (χ0v) is 18.1. The van der Waals surface area contributed by atoms with Crippen molar-refractivity contribution in [1.82, 2.24) is 19.9 Å². The minimum atomic E-state index is -0.351. The topological polar surface area (TPSA) is 110 Å². The standard InChI is InChI=1S/C24H27N5O3/c1-16-19(24(31)29-22(27-16)18-9-5-11-25-14-18)13-21(30)28-23-20(10-6-12-26-23)32-15-17-7-3-2-4-8-17/h5-6,9-12,14,17H,2-4,7-8,13,15H2,1H3,(H,26,28,30)(H,27,29,31). The number of carbonyl (C=O) groups excluding carboxylic acids is 1. The fourth-order valence-electron chi connectivity index (χ4n) is 3.96. The Morgan fingerprint density at radius 1 is 1.19 bits per heavy atom. The normalized spacial score (nSPS) is 14.2. The van der Waals surface area contributed by atoms with Crippen molar-refractivity contribution < 1.29 is 9.53 Å². The summed E-state index contributed by atoms with van der Waals surface area (Å²) in [6, 6.07) is 7.16. The molecular formula is C24H27N5O3. The number of aromatic amines is 1. The van der Waals surface area contributed by atoms with Crippen molar-refractivity contribution in [3.8, 4) is 17.1 Å². The number of aryl methyl sites for hydroxylation is 1. The molecule has 0 radical (unpaired) electrons. The van der Waals surface area contributed by atoms with Crippen molar-refractivity contribution in [3.05, 3.63) is 64.5 Å². The fraction of sp³-hybridized carbons (Fsp3) is 0.375. The van der Waals surface area contributed by atoms with Crippen LogP contribution >= 0.6 is 0 Å². The molecule has 0 unspecified atom stereocenters. The molecule has 3 aromatic rings. The van der Waals surface area contributed by atoms with E-state index in [1.54, 1.807) is 43.7 Å². The van der Waals surface area contributed by atoms with Crippen LogP contribution in [0.15, 0.2) is 47.7 Å². The molecule has 1 aliphatic carbocycles. The van der Waals surface area contributed by atoms with Crippen LogP contribution in [0.4, 0.5) is 5.82 Å². The first-order valence-electron chi connectivity index (χ1n) is 11.0. The molecule has 0 spiro atoms. The molecule has 0 saturated heterocycles. The Kier molecular flexibility index (Phi) is 6.89. The SMILES string of the molecule is Cc1nc(-c2cccnc2)[nH]c(=O)c1CC(=O)Nc1ncccc1OCC1CCCCC1. The van der Waals surface area contributed by atoms with Gasteiger partial charge < -0.3 is 15.0 Å². The lowest BCUT2D eigenvalue weighted by molar-refractivity contribution is -0.115. The predicted octanol–water partition coefficient (Wildman–Crippen LogP) is 3.68. The number of hydrogen-bond donors (Lipinski definition) is 2. The molecule has 3 heterocycles. The number of ether oxygens (including phenoxy) is 1. The summed E-state index contributed by atoms with van der Waals surface area (Å²) in [6.45, 7) is 2.34. The number of amides is 1. The van der Waals surface area contributed by atoms with Crippen molar-refractivity contribution >= 4 is 11.7 Å². The summed E-state index contributed by atoms with van der Waals surface area (Å²) in [5, 5.41) is 2.78. The summed E-state index contributed by atoms with van der Waals surface area (Å²) in [7, 11) is 0. The highest BCUT2D eigenvalue weighted by Crippen LogP contribution is 2.27. The van der Waals surface area contributed by atoms with Crippen LogP contribution in [0.5, 0.6) is 5.75 Å². The van der Waals surface area contributed by atoms with E-state index in [0.717, 1.165) is 0 Å². The Bertz CT molecular complexity index is 1120. The van der Waals surface area contributed by atoms with Crippen molar-refractivity contribution in [3.63, 3.8) is 0 Å². The molecule has 0 bridgehead atoms. The summed E-state index contributed by atoms with van der Waals surface area (Å²) in [5.41, 5.74) is 1.17. The van der Waals surface area contributed by atoms with E-state index in [0.29, 0.717) is 46.7 Å². The summed E-state index contributed by atoms with van der Waals surface area (Å²) >= 11 is 0. The molecule has 0 aliphatic heterocycles. The van der Waals surface area contributed by atoms with E-state index in [-0.39, 0.29) is 17.9 Å². The number of nitrogens with zero attached hydrogens (tertiary/aromatic N) is 3. The summed E-state index contributed by atoms with van der Waals surface area (Å²) in [4.78, 5) is 40.8. The Hall–Kier alpha value is -3.55. The number of pyridine rings is 2. The Balaban J connectivity index is 1.43. The number of nitrogens with one attached hydrogen (secondary N) is 2. The van der Waals surface area contributed by atoms with Gasteiger partial charge in [-0.2, -0.15) is 0 Å². The zero-order valence-electron chi connectivity index (χ0n) is 18.1. The molecule has 1 saturated carbocycles. The molecule has 8 heteroatoms. The van der Waals surface area contributed by atoms with E-state index in [9.17, 15) is 9.59 Å². The third-order valence-electron chi connectivity index (χ3n) is 5.72. The second kappa shape index (κ2) is 10.2. The van der Waals surface area contributed by atoms with Gasteiger partial charge in [0.1, 0.15) is 5.82 Å². The first kappa shape index (κ1) is 21.7. The van der Waals surface area contributed by atoms with Crippen LogP contribution in [0.1, 0.15) is 43.4 Å². The van der Waals surface area contributed by atoms with Gasteiger partial charge in [0.15, 0.2) is 11.6 Å². The Morgan fingerprint density at radius 2 is 2.00 bits per heavy atom. The highest BCUT2D eigenvalue weighted by atomic mass is 16.5. The molecule has 4 rings (SSSR count). The summed E-state index contributed by atoms with van der Waals surface area (Å²) in [5.74, 6) is 1.52. The van der Waals surface area contributed by atoms with Gasteiger partial charge in [-0.3, -0.25) is 14.6 Å². The zero-order chi connectivity index (χ0) is 22.3. The maximum atomic E-state index is 12.7. The van der Waals surface area contributed by atoms with Crippen LogP contribution in [-0.2, 0) is 11.2 Å². The van der Waals surface area contributed by atoms with Crippen LogP contribution in [-0.4, -0.2) is 32.4 Å². The summed E-state index contributed by atoms with van der Waals surface area (Å²) in [6.07, 6.45) is 10.9. The van der Waals surface area contributed by atoms with Gasteiger partial charge in [0.2, 0.25) is 5.91 Å². The molecule has 1 fully saturated rings. The van der Waals surface area contributed by atoms with Crippen molar-refractivity contribution in [1.29, 1.82) is 0 Å². The number of H-pyrrole nitrogens is 1. The van der Waals surface area contributed by atoms with E-state index in [4.69, 9.17) is 4.74 Å². The lowest BCUT2D eigenvalue weighted by Crippen LogP contribution is -2.24. The van der Waals surface area contributed by atoms with Crippen molar-refractivity contribution in [2.75, 3.05) is 11.9 Å². The van der Waals surface area contributed by atoms with Crippen molar-refractivity contribution in [2.24, 2.45) is 5.92 Å². The third-order valence-corrected chi connectivity index (χ3v) is 5.72. The van der Waals surface area contributed by atoms with Crippen molar-refractivity contribution in [2.45, 2.75) is 45.4 Å². The highest BCUT2D eigenvalue weighted by molar-refractivity contribution is 5.92. The molecule has 166 valence electrons. The quantitative estimate of drug-likeness (QED) is 0.588. The first-order valence-corrected chi connectivity index (χ1v) is 11.0. The van der Waals surface area contributed by atoms with Gasteiger partial charge in [-0.25, -0.2) is 9.97 Å². The maximum Gasteiger partial charge on any atom is 0.255 e. The van der Waals surface area contributed by atoms with E-state index in [1.807, 2.05) is 6.07 Å². The third kappa shape index (κ3) is 5.38. The lowest BCUT2D eigenvalue weighted by atomic mass is 9.90. The van der Waals surface area contributed by atoms with Gasteiger partial charge in [-0.05, 0) is 49.9 Å². The Labute approximate surface area is 186 Å². The van der Waals surface area contributed by atoms with Gasteiger partial charge >= 0.3 is 0 Å². The second-order valence-electron chi connectivity index (χ2n) is 8.11. The van der Waals surface area contributed by atoms with Crippen LogP contribution in [0, 0.1) is 12.8 Å². The van der Waals surface area contributed by atoms with Crippen LogP contribution in [0.25, 0.3) is 11.4 Å². The fourth-order valence-corrected chi connectivity index (χ4v) is 3.96. The number of rotatable bonds is 7. The van der Waals surface area contributed by atoms with Crippen LogP contribution in [0.2, 0.25) is 0 Å². The molecule has 0 aromatic carbocycles. The van der Waals surface area contributed by atoms with Gasteiger partial charge in [0, 0.05) is 35.4 Å². The minimum absolute atomic E-state index is 0.111. The molecule has 0 atom stereocenters. The van der Waals surface area contributed by atoms with E-state index < -0.39 is 0 Å². The number of hydrogen-bond acceptors (Lipinski definition) is 6. The maximum absolute atomic E-state index is 12.7. The van der Waals surface area contributed by atoms with Gasteiger partial charge in [-0.1, -0.05) is 19.3 Å². The molecular weight excluding hydrogens is 406 g/mol. The lowest BCUT2D eigenvalue weighted by Gasteiger charge is -2.22. The van der Waals surface area contributed by atoms with Crippen LogP contribution in [0.3, 0.4) is 0 Å². The highest BCUT2D eigenvalue weighted by Gasteiger charge is 2.18. The van der Waals surface area contributed by atoms with E-state index >= 15 is 0 Å². The first-order chi connectivity index (χ1) is 15.6. The average molecular weight is 434 g/mol.